The van der Waals surface area contributed by atoms with Gasteiger partial charge < -0.3 is 5.73 Å². The van der Waals surface area contributed by atoms with Crippen LogP contribution in [-0.2, 0) is 4.79 Å². The number of amides is 1. The average Bonchev–Trinajstić information content (AvgIpc) is 1.33. The summed E-state index contributed by atoms with van der Waals surface area (Å²) in [6.07, 6.45) is 0. The van der Waals surface area contributed by atoms with Gasteiger partial charge in [0.15, 0.2) is 0 Å². The van der Waals surface area contributed by atoms with Gasteiger partial charge in [-0.15, -0.1) is 0 Å². The zero-order valence-electron chi connectivity index (χ0n) is 4.56. The fourth-order valence-electron chi connectivity index (χ4n) is 0. The summed E-state index contributed by atoms with van der Waals surface area (Å²) in [5.41, 5.74) is 6.72. The smallest absolute Gasteiger partial charge is 0.214 e. The molecule has 0 spiro atoms. The third-order valence-electron chi connectivity index (χ3n) is 0. The topological polar surface area (TPSA) is 81.1 Å². The number of rotatable bonds is 0. The molecule has 0 heterocycles. The molecule has 0 saturated carbocycles. The number of hydrogen-bond acceptors (Lipinski definition) is 3. The van der Waals surface area contributed by atoms with Gasteiger partial charge in [0.25, 0.3) is 0 Å². The monoisotopic (exact) mass is 105 g/mol. The van der Waals surface area contributed by atoms with Crippen molar-refractivity contribution in [2.24, 2.45) is 11.6 Å². The van der Waals surface area contributed by atoms with Gasteiger partial charge in [-0.3, -0.25) is 16.1 Å². The van der Waals surface area contributed by atoms with Crippen molar-refractivity contribution in [2.75, 3.05) is 7.05 Å². The molecule has 0 aliphatic heterocycles. The molecule has 44 valence electrons. The molecule has 0 radical (unpaired) electrons. The second-order valence-corrected chi connectivity index (χ2v) is 0.899. The van der Waals surface area contributed by atoms with Gasteiger partial charge in [0.05, 0.1) is 0 Å². The van der Waals surface area contributed by atoms with Crippen LogP contribution < -0.4 is 17.0 Å². The molecule has 0 saturated heterocycles. The Balaban J connectivity index is 0. The maximum atomic E-state index is 9.22. The molecule has 0 aromatic heterocycles. The highest BCUT2D eigenvalue weighted by Crippen LogP contribution is 1.33. The molecule has 4 nitrogen and oxygen atoms in total. The summed E-state index contributed by atoms with van der Waals surface area (Å²) in [5.74, 6) is 4.26. The molecule has 4 heteroatoms. The van der Waals surface area contributed by atoms with Crippen molar-refractivity contribution >= 4 is 5.91 Å². The molecule has 1 amide bonds. The zero-order valence-corrected chi connectivity index (χ0v) is 4.56. The van der Waals surface area contributed by atoms with Crippen molar-refractivity contribution in [3.63, 3.8) is 0 Å². The molecule has 7 heavy (non-hydrogen) atoms. The Kier molecular flexibility index (Phi) is 12.4. The summed E-state index contributed by atoms with van der Waals surface area (Å²) in [4.78, 5) is 9.22. The molecule has 0 fully saturated rings. The maximum absolute atomic E-state index is 9.22. The fraction of sp³-hybridized carbons (Fsp3) is 0.667. The highest BCUT2D eigenvalue weighted by atomic mass is 16.1. The number of carbonyl (C=O) groups is 1. The summed E-state index contributed by atoms with van der Waals surface area (Å²) in [6, 6.07) is 0. The minimum absolute atomic E-state index is 0.333. The van der Waals surface area contributed by atoms with Gasteiger partial charge in [0, 0.05) is 6.92 Å². The first-order chi connectivity index (χ1) is 3.15. The minimum Gasteiger partial charge on any atom is -0.370 e. The first-order valence-corrected chi connectivity index (χ1v) is 1.78. The first-order valence-electron chi connectivity index (χ1n) is 1.78. The number of hydrazine groups is 1. The van der Waals surface area contributed by atoms with Crippen LogP contribution in [0, 0.1) is 0 Å². The summed E-state index contributed by atoms with van der Waals surface area (Å²) in [5, 5.41) is 0. The van der Waals surface area contributed by atoms with E-state index < -0.39 is 0 Å². The minimum atomic E-state index is -0.333. The molecule has 0 aromatic rings. The molecule has 0 atom stereocenters. The van der Waals surface area contributed by atoms with Gasteiger partial charge in [-0.1, -0.05) is 0 Å². The zero-order chi connectivity index (χ0) is 6.28. The lowest BCUT2D eigenvalue weighted by Crippen LogP contribution is -2.13. The standard InChI is InChI=1S/C2H5NO.CH6N2/c1-2(3)4;1-3-2/h1H3,(H2,3,4);3H,2H2,1H3. The first kappa shape index (κ1) is 9.63. The van der Waals surface area contributed by atoms with Gasteiger partial charge in [-0.05, 0) is 7.05 Å². The van der Waals surface area contributed by atoms with E-state index in [0.717, 1.165) is 0 Å². The van der Waals surface area contributed by atoms with Crippen LogP contribution in [0.1, 0.15) is 6.92 Å². The molecular weight excluding hydrogens is 94.1 g/mol. The Bertz CT molecular complexity index is 41.4. The van der Waals surface area contributed by atoms with E-state index in [9.17, 15) is 4.79 Å². The number of nitrogens with two attached hydrogens (primary N) is 2. The quantitative estimate of drug-likeness (QED) is 0.261. The second-order valence-electron chi connectivity index (χ2n) is 0.899. The van der Waals surface area contributed by atoms with Gasteiger partial charge in [-0.25, -0.2) is 0 Å². The van der Waals surface area contributed by atoms with Gasteiger partial charge in [0.2, 0.25) is 5.91 Å². The van der Waals surface area contributed by atoms with E-state index in [-0.39, 0.29) is 5.91 Å². The normalized spacial score (nSPS) is 6.14. The predicted molar refractivity (Wildman–Crippen MR) is 28.1 cm³/mol. The van der Waals surface area contributed by atoms with Crippen LogP contribution in [0.25, 0.3) is 0 Å². The molecule has 0 aromatic carbocycles. The summed E-state index contributed by atoms with van der Waals surface area (Å²) in [7, 11) is 1.65. The van der Waals surface area contributed by atoms with E-state index in [1.165, 1.54) is 6.92 Å². The summed E-state index contributed by atoms with van der Waals surface area (Å²) < 4.78 is 0. The lowest BCUT2D eigenvalue weighted by Gasteiger charge is -1.62. The Labute approximate surface area is 42.8 Å². The SMILES string of the molecule is CC(N)=O.CNN. The Morgan fingerprint density at radius 1 is 1.71 bits per heavy atom. The largest absolute Gasteiger partial charge is 0.370 e. The van der Waals surface area contributed by atoms with Crippen LogP contribution in [0.4, 0.5) is 0 Å². The lowest BCUT2D eigenvalue weighted by atomic mass is 10.8. The molecule has 0 unspecified atom stereocenters. The highest BCUT2D eigenvalue weighted by molar-refractivity contribution is 5.70. The lowest BCUT2D eigenvalue weighted by molar-refractivity contribution is -0.115. The molecule has 0 bridgehead atoms. The average molecular weight is 105 g/mol. The van der Waals surface area contributed by atoms with Crippen molar-refractivity contribution in [1.82, 2.24) is 5.43 Å². The van der Waals surface area contributed by atoms with E-state index in [2.05, 4.69) is 17.0 Å². The predicted octanol–water partition coefficient (Wildman–Crippen LogP) is -1.43. The van der Waals surface area contributed by atoms with E-state index in [0.29, 0.717) is 0 Å². The van der Waals surface area contributed by atoms with Crippen molar-refractivity contribution < 1.29 is 4.79 Å². The number of nitrogens with one attached hydrogen (secondary N) is 1. The van der Waals surface area contributed by atoms with Gasteiger partial charge >= 0.3 is 0 Å². The van der Waals surface area contributed by atoms with Crippen LogP contribution in [0.5, 0.6) is 0 Å². The maximum Gasteiger partial charge on any atom is 0.214 e. The Morgan fingerprint density at radius 2 is 1.71 bits per heavy atom. The van der Waals surface area contributed by atoms with Crippen molar-refractivity contribution in [3.8, 4) is 0 Å². The van der Waals surface area contributed by atoms with Gasteiger partial charge in [0.1, 0.15) is 0 Å². The fourth-order valence-corrected chi connectivity index (χ4v) is 0. The van der Waals surface area contributed by atoms with Crippen LogP contribution in [0.15, 0.2) is 0 Å². The van der Waals surface area contributed by atoms with Crippen molar-refractivity contribution in [2.45, 2.75) is 6.92 Å². The molecular formula is C3H11N3O. The second kappa shape index (κ2) is 9.04. The molecule has 5 N–H and O–H groups in total. The van der Waals surface area contributed by atoms with Crippen LogP contribution in [-0.4, -0.2) is 13.0 Å². The third-order valence-corrected chi connectivity index (χ3v) is 0. The highest BCUT2D eigenvalue weighted by Gasteiger charge is 1.61. The molecule has 0 aliphatic carbocycles. The van der Waals surface area contributed by atoms with E-state index >= 15 is 0 Å². The van der Waals surface area contributed by atoms with E-state index in [1.54, 1.807) is 7.05 Å². The van der Waals surface area contributed by atoms with Crippen LogP contribution >= 0.6 is 0 Å². The number of hydrogen-bond donors (Lipinski definition) is 3. The Hall–Kier alpha value is -0.610. The third kappa shape index (κ3) is 166. The number of primary amides is 1. The van der Waals surface area contributed by atoms with Crippen LogP contribution in [0.2, 0.25) is 0 Å². The van der Waals surface area contributed by atoms with Crippen LogP contribution in [0.3, 0.4) is 0 Å². The number of carbonyl (C=O) groups excluding carboxylic acids is 1. The Morgan fingerprint density at radius 3 is 1.71 bits per heavy atom. The summed E-state index contributed by atoms with van der Waals surface area (Å²) >= 11 is 0. The van der Waals surface area contributed by atoms with E-state index in [4.69, 9.17) is 0 Å². The van der Waals surface area contributed by atoms with Gasteiger partial charge in [-0.2, -0.15) is 0 Å². The molecule has 0 rings (SSSR count). The van der Waals surface area contributed by atoms with Crippen molar-refractivity contribution in [3.05, 3.63) is 0 Å². The molecule has 0 aliphatic rings. The van der Waals surface area contributed by atoms with E-state index in [1.807, 2.05) is 0 Å². The summed E-state index contributed by atoms with van der Waals surface area (Å²) in [6.45, 7) is 1.31. The van der Waals surface area contributed by atoms with Crippen molar-refractivity contribution in [1.29, 1.82) is 0 Å².